The maximum atomic E-state index is 12.7. The molecule has 2 atom stereocenters. The van der Waals surface area contributed by atoms with E-state index in [1.807, 2.05) is 83.0 Å². The third-order valence-corrected chi connectivity index (χ3v) is 7.74. The van der Waals surface area contributed by atoms with Gasteiger partial charge in [0.15, 0.2) is 0 Å². The molecular weight excluding hydrogens is 613 g/mol. The smallest absolute Gasteiger partial charge is 0.210 e. The summed E-state index contributed by atoms with van der Waals surface area (Å²) in [5.41, 5.74) is 4.56. The van der Waals surface area contributed by atoms with Gasteiger partial charge in [-0.05, 0) is 94.7 Å². The van der Waals surface area contributed by atoms with Crippen LogP contribution in [0.1, 0.15) is 93.2 Å². The van der Waals surface area contributed by atoms with Gasteiger partial charge in [-0.2, -0.15) is 0 Å². The van der Waals surface area contributed by atoms with Crippen molar-refractivity contribution in [1.29, 1.82) is 0 Å². The molecule has 0 saturated carbocycles. The predicted octanol–water partition coefficient (Wildman–Crippen LogP) is 10.3. The number of halogens is 2. The number of allylic oxidation sites excluding steroid dienone is 3. The lowest BCUT2D eigenvalue weighted by Crippen LogP contribution is -2.50. The minimum atomic E-state index is -0.367. The number of nitrogens with zero attached hydrogens (tertiary/aromatic N) is 1. The molecule has 2 aromatic rings. The molecule has 1 amide bonds. The molecule has 2 rings (SSSR count). The molecule has 0 radical (unpaired) electrons. The van der Waals surface area contributed by atoms with E-state index >= 15 is 0 Å². The zero-order valence-corrected chi connectivity index (χ0v) is 32.0. The van der Waals surface area contributed by atoms with Gasteiger partial charge in [0.1, 0.15) is 0 Å². The molecule has 2 unspecified atom stereocenters. The van der Waals surface area contributed by atoms with E-state index in [1.54, 1.807) is 6.07 Å². The molecule has 0 spiro atoms. The highest BCUT2D eigenvalue weighted by Gasteiger charge is 2.40. The Morgan fingerprint density at radius 3 is 1.96 bits per heavy atom. The van der Waals surface area contributed by atoms with Crippen molar-refractivity contribution >= 4 is 29.6 Å². The monoisotopic (exact) mass is 675 g/mol. The molecule has 0 aliphatic carbocycles. The fourth-order valence-corrected chi connectivity index (χ4v) is 5.51. The van der Waals surface area contributed by atoms with Crippen LogP contribution in [-0.4, -0.2) is 55.7 Å². The second-order valence-electron chi connectivity index (χ2n) is 11.2. The summed E-state index contributed by atoms with van der Waals surface area (Å²) in [6.45, 7) is 24.3. The molecule has 7 heteroatoms. The Morgan fingerprint density at radius 2 is 1.54 bits per heavy atom. The Hall–Kier alpha value is -2.57. The molecule has 0 saturated heterocycles. The average molecular weight is 677 g/mol. The molecule has 0 aliphatic rings. The number of hydrogen-bond donors (Lipinski definition) is 3. The van der Waals surface area contributed by atoms with Crippen LogP contribution in [0.25, 0.3) is 0 Å². The first-order valence-corrected chi connectivity index (χ1v) is 17.5. The molecule has 0 bridgehead atoms. The van der Waals surface area contributed by atoms with Crippen LogP contribution in [-0.2, 0) is 16.6 Å². The van der Waals surface area contributed by atoms with Crippen LogP contribution in [0.4, 0.5) is 0 Å². The molecular formula is C39H63Cl2N3O2. The summed E-state index contributed by atoms with van der Waals surface area (Å²) >= 11 is 12.5. The summed E-state index contributed by atoms with van der Waals surface area (Å²) in [5, 5.41) is 16.9. The van der Waals surface area contributed by atoms with Gasteiger partial charge in [0.05, 0.1) is 12.3 Å². The lowest BCUT2D eigenvalue weighted by molar-refractivity contribution is -0.120. The number of aliphatic hydroxyl groups excluding tert-OH is 1. The van der Waals surface area contributed by atoms with E-state index in [-0.39, 0.29) is 11.5 Å². The maximum absolute atomic E-state index is 12.7. The van der Waals surface area contributed by atoms with Gasteiger partial charge in [0.25, 0.3) is 0 Å². The van der Waals surface area contributed by atoms with Gasteiger partial charge in [-0.3, -0.25) is 4.79 Å². The fourth-order valence-electron chi connectivity index (χ4n) is 5.00. The van der Waals surface area contributed by atoms with Gasteiger partial charge in [0.2, 0.25) is 6.41 Å². The van der Waals surface area contributed by atoms with E-state index in [0.29, 0.717) is 23.0 Å². The summed E-state index contributed by atoms with van der Waals surface area (Å²) in [6.07, 6.45) is 8.56. The number of carbonyl (C=O) groups excluding carboxylic acids is 1. The van der Waals surface area contributed by atoms with Crippen molar-refractivity contribution in [2.45, 2.75) is 100.0 Å². The van der Waals surface area contributed by atoms with Crippen molar-refractivity contribution in [3.8, 4) is 0 Å². The van der Waals surface area contributed by atoms with Crippen LogP contribution >= 0.6 is 23.2 Å². The third kappa shape index (κ3) is 17.4. The van der Waals surface area contributed by atoms with Gasteiger partial charge in [0, 0.05) is 22.0 Å². The van der Waals surface area contributed by atoms with Gasteiger partial charge in [-0.15, -0.1) is 0 Å². The topological polar surface area (TPSA) is 64.6 Å². The number of rotatable bonds is 15. The normalized spacial score (nSPS) is 12.9. The minimum Gasteiger partial charge on any atom is -0.515 e. The highest BCUT2D eigenvalue weighted by molar-refractivity contribution is 6.35. The van der Waals surface area contributed by atoms with Crippen LogP contribution in [0, 0.1) is 0 Å². The van der Waals surface area contributed by atoms with E-state index in [0.717, 1.165) is 67.4 Å². The quantitative estimate of drug-likeness (QED) is 0.0998. The lowest BCUT2D eigenvalue weighted by atomic mass is 9.69. The number of carbonyl (C=O) groups is 1. The van der Waals surface area contributed by atoms with Crippen molar-refractivity contribution in [3.63, 3.8) is 0 Å². The maximum Gasteiger partial charge on any atom is 0.210 e. The van der Waals surface area contributed by atoms with E-state index in [9.17, 15) is 9.90 Å². The van der Waals surface area contributed by atoms with Crippen LogP contribution in [0.2, 0.25) is 10.0 Å². The van der Waals surface area contributed by atoms with Crippen molar-refractivity contribution in [2.24, 2.45) is 0 Å². The summed E-state index contributed by atoms with van der Waals surface area (Å²) in [4.78, 5) is 14.6. The predicted molar refractivity (Wildman–Crippen MR) is 204 cm³/mol. The molecule has 5 nitrogen and oxygen atoms in total. The molecule has 0 heterocycles. The van der Waals surface area contributed by atoms with Gasteiger partial charge in [-0.25, -0.2) is 0 Å². The summed E-state index contributed by atoms with van der Waals surface area (Å²) in [6, 6.07) is 15.6. The Bertz CT molecular complexity index is 1160. The average Bonchev–Trinajstić information content (AvgIpc) is 3.05. The Balaban J connectivity index is 0. The van der Waals surface area contributed by atoms with Crippen LogP contribution in [0.5, 0.6) is 0 Å². The number of benzene rings is 2. The van der Waals surface area contributed by atoms with E-state index in [1.165, 1.54) is 5.56 Å². The first kappa shape index (κ1) is 45.6. The third-order valence-electron chi connectivity index (χ3n) is 7.15. The second-order valence-corrected chi connectivity index (χ2v) is 12.0. The lowest BCUT2D eigenvalue weighted by Gasteiger charge is -2.44. The van der Waals surface area contributed by atoms with Gasteiger partial charge >= 0.3 is 0 Å². The summed E-state index contributed by atoms with van der Waals surface area (Å²) in [7, 11) is 1.93. The van der Waals surface area contributed by atoms with Crippen molar-refractivity contribution in [1.82, 2.24) is 15.5 Å². The standard InChI is InChI=1S/C30H37Cl2NO2.C4H11N.C3H9N.C2H6/c1-6-15-30(5,26-10-8-7-9-11-26)29(25(17-22(2)3)18-23(4)20-34)33(21-35)16-14-24-12-13-27(31)19-28(24)32;1-3-5-4-2;1-3-4-2;1-2/h7-13,17-21,29,34H,6,14-16H2,1-5H3;5H,3-4H2,1-2H3;4H,3H2,1-2H3;1-2H3/b23-20+,25-18+;;;. The summed E-state index contributed by atoms with van der Waals surface area (Å²) < 4.78 is 0. The molecule has 0 fully saturated rings. The van der Waals surface area contributed by atoms with Gasteiger partial charge in [-0.1, -0.05) is 132 Å². The van der Waals surface area contributed by atoms with Crippen molar-refractivity contribution < 1.29 is 9.90 Å². The van der Waals surface area contributed by atoms with E-state index in [4.69, 9.17) is 23.2 Å². The largest absolute Gasteiger partial charge is 0.515 e. The Kier molecular flexibility index (Phi) is 27.3. The van der Waals surface area contributed by atoms with Crippen molar-refractivity contribution in [3.05, 3.63) is 105 Å². The first-order chi connectivity index (χ1) is 22.0. The molecule has 260 valence electrons. The Morgan fingerprint density at radius 1 is 0.957 bits per heavy atom. The van der Waals surface area contributed by atoms with Gasteiger partial charge < -0.3 is 20.6 Å². The summed E-state index contributed by atoms with van der Waals surface area (Å²) in [5.74, 6) is 0. The van der Waals surface area contributed by atoms with Crippen LogP contribution in [0.15, 0.2) is 83.7 Å². The SMILES string of the molecule is CC.CCCC(C)(c1ccccc1)C(/C(C=C(C)C)=C/C(C)=C/O)N(C=O)CCc1ccc(Cl)cc1Cl.CCNC.CCNCC. The minimum absolute atomic E-state index is 0.266. The zero-order valence-electron chi connectivity index (χ0n) is 30.5. The molecule has 2 aromatic carbocycles. The van der Waals surface area contributed by atoms with E-state index < -0.39 is 0 Å². The number of amides is 1. The number of aliphatic hydroxyl groups is 1. The highest BCUT2D eigenvalue weighted by Crippen LogP contribution is 2.40. The molecule has 3 N–H and O–H groups in total. The number of nitrogens with one attached hydrogen (secondary N) is 2. The Labute approximate surface area is 292 Å². The van der Waals surface area contributed by atoms with Crippen LogP contribution < -0.4 is 10.6 Å². The van der Waals surface area contributed by atoms with E-state index in [2.05, 4.69) is 63.5 Å². The van der Waals surface area contributed by atoms with Crippen LogP contribution in [0.3, 0.4) is 0 Å². The second kappa shape index (κ2) is 27.5. The van der Waals surface area contributed by atoms with Crippen molar-refractivity contribution in [2.75, 3.05) is 33.2 Å². The zero-order chi connectivity index (χ0) is 35.5. The first-order valence-electron chi connectivity index (χ1n) is 16.7. The number of hydrogen-bond acceptors (Lipinski definition) is 4. The highest BCUT2D eigenvalue weighted by atomic mass is 35.5. The molecule has 0 aliphatic heterocycles. The molecule has 0 aromatic heterocycles. The molecule has 46 heavy (non-hydrogen) atoms. The fraction of sp³-hybridized carbons (Fsp3) is 0.513.